The molecule has 0 bridgehead atoms. The molecule has 2 heterocycles. The Bertz CT molecular complexity index is 1770. The number of piperazine rings is 1. The Labute approximate surface area is 304 Å². The van der Waals surface area contributed by atoms with Crippen molar-refractivity contribution >= 4 is 45.0 Å². The molecule has 0 aliphatic carbocycles. The fourth-order valence-corrected chi connectivity index (χ4v) is 8.33. The van der Waals surface area contributed by atoms with E-state index in [1.54, 1.807) is 73.7 Å². The number of β-amino-alcohol motifs (C(OH)–C–C–N with tert-alkyl or cyclic N) is 1. The van der Waals surface area contributed by atoms with Crippen molar-refractivity contribution in [2.45, 2.75) is 38.5 Å². The predicted octanol–water partition coefficient (Wildman–Crippen LogP) is 4.99. The van der Waals surface area contributed by atoms with Crippen LogP contribution in [0.15, 0.2) is 71.7 Å². The number of aliphatic hydroxyl groups excluding tert-OH is 1. The number of sulfonamides is 1. The number of nitrogens with zero attached hydrogens (tertiary/aromatic N) is 4. The molecule has 2 aliphatic heterocycles. The van der Waals surface area contributed by atoms with Crippen LogP contribution in [0, 0.1) is 0 Å². The summed E-state index contributed by atoms with van der Waals surface area (Å²) in [6, 6.07) is 17.2. The number of hydrogen-bond donors (Lipinski definition) is 1. The lowest BCUT2D eigenvalue weighted by Crippen LogP contribution is -2.50. The third-order valence-electron chi connectivity index (χ3n) is 8.82. The van der Waals surface area contributed by atoms with Crippen LogP contribution in [0.2, 0.25) is 10.0 Å². The van der Waals surface area contributed by atoms with Crippen molar-refractivity contribution in [3.05, 3.63) is 93.5 Å². The first-order valence-electron chi connectivity index (χ1n) is 16.6. The molecule has 3 aromatic rings. The maximum atomic E-state index is 15.0. The van der Waals surface area contributed by atoms with Crippen molar-refractivity contribution in [2.75, 3.05) is 65.3 Å². The van der Waals surface area contributed by atoms with Gasteiger partial charge in [-0.05, 0) is 68.3 Å². The molecule has 11 nitrogen and oxygen atoms in total. The van der Waals surface area contributed by atoms with Crippen molar-refractivity contribution in [2.24, 2.45) is 4.99 Å². The summed E-state index contributed by atoms with van der Waals surface area (Å²) < 4.78 is 48.7. The highest BCUT2D eigenvalue weighted by molar-refractivity contribution is 7.89. The standard InChI is InChI=1S/C36H44Cl2N4O7S/c1-5-48-35(44)36(27-8-12-29(38)13-9-27)33(26-6-10-28(37)11-7-26)42(50(45,46)23-21-41-18-16-40(17-19-41)20-22-43)34(39-36)31-15-14-30(47-4)24-32(31)49-25(2)3/h6-15,24-25,33,43H,5,16-23H2,1-4H3/t33-,36+/m1/s1. The van der Waals surface area contributed by atoms with E-state index in [1.165, 1.54) is 11.4 Å². The molecular weight excluding hydrogens is 703 g/mol. The van der Waals surface area contributed by atoms with Crippen LogP contribution in [0.25, 0.3) is 0 Å². The number of benzene rings is 3. The Morgan fingerprint density at radius 2 is 1.56 bits per heavy atom. The average Bonchev–Trinajstić information content (AvgIpc) is 3.46. The molecule has 0 amide bonds. The van der Waals surface area contributed by atoms with Crippen LogP contribution in [0.4, 0.5) is 0 Å². The van der Waals surface area contributed by atoms with Crippen molar-refractivity contribution in [1.82, 2.24) is 14.1 Å². The lowest BCUT2D eigenvalue weighted by Gasteiger charge is -2.37. The lowest BCUT2D eigenvalue weighted by molar-refractivity contribution is -0.151. The number of ether oxygens (including phenoxy) is 3. The molecule has 2 aliphatic rings. The summed E-state index contributed by atoms with van der Waals surface area (Å²) in [5.41, 5.74) is -0.644. The van der Waals surface area contributed by atoms with Gasteiger partial charge in [-0.1, -0.05) is 47.5 Å². The van der Waals surface area contributed by atoms with E-state index in [0.717, 1.165) is 0 Å². The number of halogens is 2. The third-order valence-corrected chi connectivity index (χ3v) is 11.0. The summed E-state index contributed by atoms with van der Waals surface area (Å²) in [4.78, 5) is 23.9. The van der Waals surface area contributed by atoms with Gasteiger partial charge in [0.1, 0.15) is 17.5 Å². The smallest absolute Gasteiger partial charge is 0.341 e. The molecule has 2 atom stereocenters. The van der Waals surface area contributed by atoms with Crippen LogP contribution in [-0.4, -0.2) is 111 Å². The average molecular weight is 748 g/mol. The minimum atomic E-state index is -4.23. The number of hydrogen-bond acceptors (Lipinski definition) is 10. The number of methoxy groups -OCH3 is 1. The van der Waals surface area contributed by atoms with Crippen molar-refractivity contribution < 1.29 is 32.5 Å². The van der Waals surface area contributed by atoms with E-state index < -0.39 is 27.6 Å². The van der Waals surface area contributed by atoms with Crippen molar-refractivity contribution in [3.8, 4) is 11.5 Å². The van der Waals surface area contributed by atoms with E-state index in [9.17, 15) is 18.3 Å². The van der Waals surface area contributed by atoms with E-state index >= 15 is 0 Å². The lowest BCUT2D eigenvalue weighted by atomic mass is 9.80. The van der Waals surface area contributed by atoms with Crippen molar-refractivity contribution in [3.63, 3.8) is 0 Å². The van der Waals surface area contributed by atoms with Gasteiger partial charge in [0.2, 0.25) is 15.6 Å². The summed E-state index contributed by atoms with van der Waals surface area (Å²) >= 11 is 12.7. The van der Waals surface area contributed by atoms with Gasteiger partial charge in [0.15, 0.2) is 5.84 Å². The van der Waals surface area contributed by atoms with Gasteiger partial charge in [-0.25, -0.2) is 22.5 Å². The summed E-state index contributed by atoms with van der Waals surface area (Å²) in [5, 5.41) is 10.2. The van der Waals surface area contributed by atoms with Crippen LogP contribution in [0.1, 0.15) is 43.5 Å². The Morgan fingerprint density at radius 3 is 2.12 bits per heavy atom. The van der Waals surface area contributed by atoms with Gasteiger partial charge >= 0.3 is 5.97 Å². The zero-order valence-corrected chi connectivity index (χ0v) is 31.0. The van der Waals surface area contributed by atoms with Gasteiger partial charge in [-0.2, -0.15) is 0 Å². The maximum Gasteiger partial charge on any atom is 0.341 e. The summed E-state index contributed by atoms with van der Waals surface area (Å²) in [6.45, 7) is 9.08. The number of aliphatic imine (C=N–C) groups is 1. The van der Waals surface area contributed by atoms with Crippen LogP contribution in [-0.2, 0) is 25.1 Å². The molecule has 0 unspecified atom stereocenters. The molecule has 0 saturated carbocycles. The van der Waals surface area contributed by atoms with Gasteiger partial charge in [0, 0.05) is 55.4 Å². The number of esters is 1. The van der Waals surface area contributed by atoms with Crippen molar-refractivity contribution in [1.29, 1.82) is 0 Å². The summed E-state index contributed by atoms with van der Waals surface area (Å²) in [6.07, 6.45) is -0.282. The van der Waals surface area contributed by atoms with Gasteiger partial charge < -0.3 is 19.3 Å². The molecule has 1 N–H and O–H groups in total. The van der Waals surface area contributed by atoms with E-state index in [-0.39, 0.29) is 37.5 Å². The molecule has 3 aromatic carbocycles. The predicted molar refractivity (Wildman–Crippen MR) is 195 cm³/mol. The minimum Gasteiger partial charge on any atom is -0.497 e. The van der Waals surface area contributed by atoms with E-state index in [1.807, 2.05) is 13.8 Å². The molecule has 1 fully saturated rings. The van der Waals surface area contributed by atoms with Crippen LogP contribution in [0.5, 0.6) is 11.5 Å². The van der Waals surface area contributed by atoms with E-state index in [2.05, 4.69) is 9.80 Å². The Hall–Kier alpha value is -3.39. The number of aliphatic hydroxyl groups is 1. The molecule has 270 valence electrons. The molecule has 0 radical (unpaired) electrons. The first-order valence-corrected chi connectivity index (χ1v) is 19.0. The fourth-order valence-electron chi connectivity index (χ4n) is 6.39. The Kier molecular flexibility index (Phi) is 12.3. The molecule has 14 heteroatoms. The van der Waals surface area contributed by atoms with Gasteiger partial charge in [-0.15, -0.1) is 0 Å². The maximum absolute atomic E-state index is 15.0. The highest BCUT2D eigenvalue weighted by Crippen LogP contribution is 2.52. The molecule has 1 saturated heterocycles. The van der Waals surface area contributed by atoms with Crippen LogP contribution >= 0.6 is 23.2 Å². The number of carbonyl (C=O) groups is 1. The molecule has 50 heavy (non-hydrogen) atoms. The summed E-state index contributed by atoms with van der Waals surface area (Å²) in [5.74, 6) is -0.117. The van der Waals surface area contributed by atoms with E-state index in [4.69, 9.17) is 42.4 Å². The monoisotopic (exact) mass is 746 g/mol. The SMILES string of the molecule is CCOC(=O)[C@@]1(c2ccc(Cl)cc2)N=C(c2ccc(OC)cc2OC(C)C)N(S(=O)(=O)CCN2CCN(CCO)CC2)[C@@H]1c1ccc(Cl)cc1. The zero-order chi connectivity index (χ0) is 36.1. The summed E-state index contributed by atoms with van der Waals surface area (Å²) in [7, 11) is -2.70. The number of rotatable bonds is 14. The molecule has 5 rings (SSSR count). The zero-order valence-electron chi connectivity index (χ0n) is 28.7. The molecule has 0 spiro atoms. The van der Waals surface area contributed by atoms with Gasteiger partial charge in [-0.3, -0.25) is 9.80 Å². The second-order valence-electron chi connectivity index (χ2n) is 12.4. The number of carbonyl (C=O) groups excluding carboxylic acids is 1. The molecular formula is C36H44Cl2N4O7S. The minimum absolute atomic E-state index is 0.0269. The Balaban J connectivity index is 1.74. The highest BCUT2D eigenvalue weighted by Gasteiger charge is 2.60. The highest BCUT2D eigenvalue weighted by atomic mass is 35.5. The topological polar surface area (TPSA) is 121 Å². The van der Waals surface area contributed by atoms with E-state index in [0.29, 0.717) is 71.0 Å². The normalized spacial score (nSPS) is 20.2. The van der Waals surface area contributed by atoms with Crippen LogP contribution in [0.3, 0.4) is 0 Å². The second kappa shape index (κ2) is 16.3. The first kappa shape index (κ1) is 37.9. The number of amidine groups is 1. The van der Waals surface area contributed by atoms with Crippen LogP contribution < -0.4 is 9.47 Å². The Morgan fingerprint density at radius 1 is 0.960 bits per heavy atom. The largest absolute Gasteiger partial charge is 0.497 e. The second-order valence-corrected chi connectivity index (χ2v) is 15.3. The van der Waals surface area contributed by atoms with Gasteiger partial charge in [0.25, 0.3) is 0 Å². The fraction of sp³-hybridized carbons (Fsp3) is 0.444. The third kappa shape index (κ3) is 8.06. The molecule has 0 aromatic heterocycles. The first-order chi connectivity index (χ1) is 23.9. The quantitative estimate of drug-likeness (QED) is 0.228. The van der Waals surface area contributed by atoms with Gasteiger partial charge in [0.05, 0.1) is 37.7 Å².